The number of carbonyl (C=O) groups excluding carboxylic acids is 1. The van der Waals surface area contributed by atoms with Gasteiger partial charge in [-0.05, 0) is 12.1 Å². The smallest absolute Gasteiger partial charge is 0.423 e. The number of fused-ring (bicyclic) bond motifs is 1. The fourth-order valence-electron chi connectivity index (χ4n) is 2.04. The second-order valence-corrected chi connectivity index (χ2v) is 12.1. The second kappa shape index (κ2) is 6.27. The predicted molar refractivity (Wildman–Crippen MR) is 82.9 cm³/mol. The van der Waals surface area contributed by atoms with Crippen molar-refractivity contribution in [3.63, 3.8) is 0 Å². The highest BCUT2D eigenvalue weighted by Crippen LogP contribution is 2.19. The van der Waals surface area contributed by atoms with Gasteiger partial charge < -0.3 is 19.7 Å². The molecule has 2 heterocycles. The van der Waals surface area contributed by atoms with Crippen LogP contribution in [0.2, 0.25) is 25.7 Å². The normalized spacial score (nSPS) is 14.5. The molecular weight excluding hydrogens is 287 g/mol. The molecule has 0 fully saturated rings. The minimum Gasteiger partial charge on any atom is -0.423 e. The molecule has 114 valence electrons. The number of amides is 1. The summed E-state index contributed by atoms with van der Waals surface area (Å²) < 4.78 is 5.59. The van der Waals surface area contributed by atoms with Gasteiger partial charge in [-0.2, -0.15) is 0 Å². The first-order chi connectivity index (χ1) is 9.78. The maximum atomic E-state index is 12.2. The summed E-state index contributed by atoms with van der Waals surface area (Å²) in [7, 11) is -2.74. The number of hydrogen-bond donors (Lipinski definition) is 2. The lowest BCUT2D eigenvalue weighted by atomic mass is 9.81. The molecule has 0 bridgehead atoms. The van der Waals surface area contributed by atoms with E-state index in [0.717, 1.165) is 6.04 Å². The molecule has 2 rings (SSSR count). The lowest BCUT2D eigenvalue weighted by molar-refractivity contribution is 0.0295. The van der Waals surface area contributed by atoms with E-state index in [9.17, 15) is 4.79 Å². The zero-order valence-corrected chi connectivity index (χ0v) is 13.7. The molecule has 0 radical (unpaired) electrons. The zero-order chi connectivity index (χ0) is 15.6. The van der Waals surface area contributed by atoms with Crippen LogP contribution in [0.3, 0.4) is 0 Å². The molecule has 0 atom stereocenters. The highest BCUT2D eigenvalue weighted by molar-refractivity contribution is 6.76. The largest absolute Gasteiger partial charge is 0.490 e. The molecule has 21 heavy (non-hydrogen) atoms. The first-order valence-corrected chi connectivity index (χ1v) is 10.7. The molecule has 0 aliphatic carbocycles. The van der Waals surface area contributed by atoms with E-state index in [1.165, 1.54) is 12.3 Å². The maximum Gasteiger partial charge on any atom is 0.490 e. The Kier molecular flexibility index (Phi) is 4.82. The van der Waals surface area contributed by atoms with Gasteiger partial charge in [-0.1, -0.05) is 19.6 Å². The van der Waals surface area contributed by atoms with Crippen molar-refractivity contribution in [1.82, 2.24) is 9.88 Å². The van der Waals surface area contributed by atoms with E-state index in [4.69, 9.17) is 14.8 Å². The molecule has 1 aliphatic rings. The topological polar surface area (TPSA) is 82.9 Å². The van der Waals surface area contributed by atoms with Gasteiger partial charge in [0.05, 0.1) is 17.8 Å². The standard InChI is InChI=1S/C13H21BN2O4Si/c1-21(2,3)5-4-20-9-16-8-12-11(13(16)17)6-10(7-15-12)14(18)19/h6-7,18-19H,4-5,8-9H2,1-3H3. The minimum atomic E-state index is -1.61. The first-order valence-electron chi connectivity index (χ1n) is 7.00. The van der Waals surface area contributed by atoms with E-state index < -0.39 is 15.2 Å². The summed E-state index contributed by atoms with van der Waals surface area (Å²) in [4.78, 5) is 17.9. The summed E-state index contributed by atoms with van der Waals surface area (Å²) in [6.45, 7) is 8.14. The van der Waals surface area contributed by atoms with E-state index in [-0.39, 0.29) is 18.1 Å². The van der Waals surface area contributed by atoms with E-state index in [1.807, 2.05) is 0 Å². The predicted octanol–water partition coefficient (Wildman–Crippen LogP) is 0.0295. The molecule has 1 amide bonds. The molecule has 0 spiro atoms. The maximum absolute atomic E-state index is 12.2. The van der Waals surface area contributed by atoms with Crippen LogP contribution in [0.4, 0.5) is 0 Å². The molecular formula is C13H21BN2O4Si. The Bertz CT molecular complexity index is 533. The van der Waals surface area contributed by atoms with Crippen LogP contribution >= 0.6 is 0 Å². The van der Waals surface area contributed by atoms with Gasteiger partial charge in [0, 0.05) is 26.3 Å². The Morgan fingerprint density at radius 3 is 2.76 bits per heavy atom. The summed E-state index contributed by atoms with van der Waals surface area (Å²) in [5.41, 5.74) is 1.30. The van der Waals surface area contributed by atoms with Crippen molar-refractivity contribution < 1.29 is 19.6 Å². The van der Waals surface area contributed by atoms with Crippen LogP contribution in [0.15, 0.2) is 12.3 Å². The third-order valence-electron chi connectivity index (χ3n) is 3.39. The van der Waals surface area contributed by atoms with E-state index in [2.05, 4.69) is 24.6 Å². The van der Waals surface area contributed by atoms with Gasteiger partial charge in [0.15, 0.2) is 0 Å². The molecule has 1 aromatic heterocycles. The average molecular weight is 308 g/mol. The van der Waals surface area contributed by atoms with Crippen molar-refractivity contribution in [2.75, 3.05) is 13.3 Å². The van der Waals surface area contributed by atoms with Gasteiger partial charge in [-0.15, -0.1) is 0 Å². The van der Waals surface area contributed by atoms with Gasteiger partial charge in [-0.25, -0.2) is 0 Å². The number of hydrogen-bond acceptors (Lipinski definition) is 5. The Morgan fingerprint density at radius 2 is 2.14 bits per heavy atom. The fraction of sp³-hybridized carbons (Fsp3) is 0.538. The average Bonchev–Trinajstić information content (AvgIpc) is 2.70. The number of carbonyl (C=O) groups is 1. The molecule has 8 heteroatoms. The van der Waals surface area contributed by atoms with Crippen LogP contribution < -0.4 is 5.46 Å². The van der Waals surface area contributed by atoms with Crippen molar-refractivity contribution in [3.05, 3.63) is 23.5 Å². The quantitative estimate of drug-likeness (QED) is 0.572. The highest BCUT2D eigenvalue weighted by Gasteiger charge is 2.30. The van der Waals surface area contributed by atoms with Gasteiger partial charge in [-0.3, -0.25) is 9.78 Å². The highest BCUT2D eigenvalue weighted by atomic mass is 28.3. The Hall–Kier alpha value is -1.22. The SMILES string of the molecule is C[Si](C)(C)CCOCN1Cc2ncc(B(O)O)cc2C1=O. The van der Waals surface area contributed by atoms with E-state index >= 15 is 0 Å². The van der Waals surface area contributed by atoms with Crippen molar-refractivity contribution in [2.45, 2.75) is 32.2 Å². The molecule has 0 aromatic carbocycles. The lowest BCUT2D eigenvalue weighted by Gasteiger charge is -2.18. The summed E-state index contributed by atoms with van der Waals surface area (Å²) in [5, 5.41) is 18.3. The summed E-state index contributed by atoms with van der Waals surface area (Å²) >= 11 is 0. The minimum absolute atomic E-state index is 0.173. The first kappa shape index (κ1) is 16.2. The van der Waals surface area contributed by atoms with Crippen LogP contribution in [0.1, 0.15) is 16.1 Å². The summed E-state index contributed by atoms with van der Waals surface area (Å²) in [6.07, 6.45) is 1.38. The van der Waals surface area contributed by atoms with Crippen LogP contribution in [0.25, 0.3) is 0 Å². The third kappa shape index (κ3) is 4.13. The van der Waals surface area contributed by atoms with Crippen molar-refractivity contribution in [3.8, 4) is 0 Å². The number of pyridine rings is 1. The van der Waals surface area contributed by atoms with Crippen LogP contribution in [-0.2, 0) is 11.3 Å². The monoisotopic (exact) mass is 308 g/mol. The number of aromatic nitrogens is 1. The Morgan fingerprint density at radius 1 is 1.43 bits per heavy atom. The summed E-state index contributed by atoms with van der Waals surface area (Å²) in [5.74, 6) is -0.173. The van der Waals surface area contributed by atoms with Crippen molar-refractivity contribution in [2.24, 2.45) is 0 Å². The number of ether oxygens (including phenoxy) is 1. The molecule has 6 nitrogen and oxygen atoms in total. The van der Waals surface area contributed by atoms with Crippen LogP contribution in [0, 0.1) is 0 Å². The van der Waals surface area contributed by atoms with Gasteiger partial charge in [0.2, 0.25) is 0 Å². The lowest BCUT2D eigenvalue weighted by Crippen LogP contribution is -2.31. The van der Waals surface area contributed by atoms with Gasteiger partial charge >= 0.3 is 7.12 Å². The molecule has 0 saturated heterocycles. The molecule has 0 unspecified atom stereocenters. The van der Waals surface area contributed by atoms with E-state index in [0.29, 0.717) is 24.4 Å². The molecule has 2 N–H and O–H groups in total. The Labute approximate surface area is 125 Å². The molecule has 1 aliphatic heterocycles. The Balaban J connectivity index is 1.93. The van der Waals surface area contributed by atoms with Gasteiger partial charge in [0.1, 0.15) is 6.73 Å². The molecule has 0 saturated carbocycles. The van der Waals surface area contributed by atoms with Crippen molar-refractivity contribution >= 4 is 26.6 Å². The van der Waals surface area contributed by atoms with Gasteiger partial charge in [0.25, 0.3) is 5.91 Å². The number of rotatable bonds is 6. The zero-order valence-electron chi connectivity index (χ0n) is 12.7. The fourth-order valence-corrected chi connectivity index (χ4v) is 2.80. The third-order valence-corrected chi connectivity index (χ3v) is 5.10. The van der Waals surface area contributed by atoms with E-state index in [1.54, 1.807) is 4.90 Å². The van der Waals surface area contributed by atoms with Crippen molar-refractivity contribution in [1.29, 1.82) is 0 Å². The molecule has 1 aromatic rings. The number of nitrogens with zero attached hydrogens (tertiary/aromatic N) is 2. The second-order valence-electron chi connectivity index (χ2n) is 6.49. The van der Waals surface area contributed by atoms with Crippen LogP contribution in [-0.4, -0.2) is 54.4 Å². The summed E-state index contributed by atoms with van der Waals surface area (Å²) in [6, 6.07) is 2.54. The van der Waals surface area contributed by atoms with Crippen LogP contribution in [0.5, 0.6) is 0 Å².